The fourth-order valence-electron chi connectivity index (χ4n) is 3.08. The number of rotatable bonds is 7. The number of anilines is 1. The Morgan fingerprint density at radius 1 is 1.18 bits per heavy atom. The predicted octanol–water partition coefficient (Wildman–Crippen LogP) is 3.33. The summed E-state index contributed by atoms with van der Waals surface area (Å²) >= 11 is 3.45. The highest BCUT2D eigenvalue weighted by atomic mass is 79.9. The number of sulfonamides is 1. The minimum absolute atomic E-state index is 0.0876. The maximum absolute atomic E-state index is 12.6. The second-order valence-electron chi connectivity index (χ2n) is 6.36. The van der Waals surface area contributed by atoms with Crippen LogP contribution in [0.1, 0.15) is 32.4 Å². The fourth-order valence-corrected chi connectivity index (χ4v) is 5.14. The summed E-state index contributed by atoms with van der Waals surface area (Å²) in [4.78, 5) is 8.90. The van der Waals surface area contributed by atoms with Gasteiger partial charge in [-0.25, -0.2) is 23.1 Å². The van der Waals surface area contributed by atoms with E-state index in [2.05, 4.69) is 36.3 Å². The van der Waals surface area contributed by atoms with E-state index in [0.29, 0.717) is 28.4 Å². The lowest BCUT2D eigenvalue weighted by molar-refractivity contribution is 0.445. The third kappa shape index (κ3) is 3.76. The molecule has 0 saturated carbocycles. The van der Waals surface area contributed by atoms with Crippen LogP contribution in [0.15, 0.2) is 40.1 Å². The smallest absolute Gasteiger partial charge is 0.243 e. The standard InChI is InChI=1S/C18H23BrN6O2S/c1-5-25(6-2)28(26,27)14-9-7-13(8-10-14)12(3)22-17-15-16(19)23-24(4)18(15)21-11-20-17/h7-12H,5-6H2,1-4H3,(H,20,21,22). The Morgan fingerprint density at radius 2 is 1.82 bits per heavy atom. The summed E-state index contributed by atoms with van der Waals surface area (Å²) in [5, 5.41) is 8.49. The molecule has 0 radical (unpaired) electrons. The number of nitrogens with one attached hydrogen (secondary N) is 1. The molecule has 10 heteroatoms. The van der Waals surface area contributed by atoms with Gasteiger partial charge >= 0.3 is 0 Å². The van der Waals surface area contributed by atoms with Gasteiger partial charge in [0.2, 0.25) is 10.0 Å². The first-order chi connectivity index (χ1) is 13.3. The number of nitrogens with zero attached hydrogens (tertiary/aromatic N) is 5. The van der Waals surface area contributed by atoms with Crippen LogP contribution in [0, 0.1) is 0 Å². The Hall–Kier alpha value is -2.04. The Balaban J connectivity index is 1.86. The first kappa shape index (κ1) is 20.7. The number of aryl methyl sites for hydroxylation is 1. The van der Waals surface area contributed by atoms with Crippen LogP contribution < -0.4 is 5.32 Å². The van der Waals surface area contributed by atoms with Crippen LogP contribution in [0.5, 0.6) is 0 Å². The molecule has 2 heterocycles. The van der Waals surface area contributed by atoms with Gasteiger partial charge in [-0.2, -0.15) is 9.40 Å². The van der Waals surface area contributed by atoms with Crippen LogP contribution in [0.2, 0.25) is 0 Å². The molecular weight excluding hydrogens is 444 g/mol. The lowest BCUT2D eigenvalue weighted by Crippen LogP contribution is -2.30. The van der Waals surface area contributed by atoms with E-state index in [1.54, 1.807) is 16.8 Å². The van der Waals surface area contributed by atoms with Crippen molar-refractivity contribution in [1.82, 2.24) is 24.1 Å². The molecule has 2 aromatic heterocycles. The Morgan fingerprint density at radius 3 is 2.43 bits per heavy atom. The van der Waals surface area contributed by atoms with Crippen molar-refractivity contribution in [2.45, 2.75) is 31.7 Å². The molecule has 1 unspecified atom stereocenters. The molecule has 0 amide bonds. The monoisotopic (exact) mass is 466 g/mol. The maximum Gasteiger partial charge on any atom is 0.243 e. The zero-order valence-corrected chi connectivity index (χ0v) is 18.6. The van der Waals surface area contributed by atoms with E-state index in [0.717, 1.165) is 16.6 Å². The zero-order chi connectivity index (χ0) is 20.5. The quantitative estimate of drug-likeness (QED) is 0.573. The topological polar surface area (TPSA) is 93.0 Å². The molecule has 0 saturated heterocycles. The lowest BCUT2D eigenvalue weighted by atomic mass is 10.1. The SMILES string of the molecule is CCN(CC)S(=O)(=O)c1ccc(C(C)Nc2ncnc3c2c(Br)nn3C)cc1. The molecule has 0 spiro atoms. The van der Waals surface area contributed by atoms with E-state index in [1.165, 1.54) is 10.6 Å². The summed E-state index contributed by atoms with van der Waals surface area (Å²) in [5.74, 6) is 0.664. The van der Waals surface area contributed by atoms with E-state index in [4.69, 9.17) is 0 Å². The van der Waals surface area contributed by atoms with Crippen molar-refractivity contribution in [1.29, 1.82) is 0 Å². The number of halogens is 1. The Labute approximate surface area is 173 Å². The number of benzene rings is 1. The minimum Gasteiger partial charge on any atom is -0.363 e. The van der Waals surface area contributed by atoms with Crippen LogP contribution >= 0.6 is 15.9 Å². The van der Waals surface area contributed by atoms with E-state index in [9.17, 15) is 8.42 Å². The van der Waals surface area contributed by atoms with Crippen molar-refractivity contribution in [3.63, 3.8) is 0 Å². The molecule has 3 aromatic rings. The molecule has 0 bridgehead atoms. The second kappa shape index (κ2) is 8.14. The summed E-state index contributed by atoms with van der Waals surface area (Å²) in [5.41, 5.74) is 1.67. The van der Waals surface area contributed by atoms with Crippen LogP contribution in [-0.2, 0) is 17.1 Å². The summed E-state index contributed by atoms with van der Waals surface area (Å²) in [6.45, 7) is 6.55. The van der Waals surface area contributed by atoms with Gasteiger partial charge in [0.1, 0.15) is 16.7 Å². The molecule has 1 N–H and O–H groups in total. The van der Waals surface area contributed by atoms with Crippen molar-refractivity contribution in [2.75, 3.05) is 18.4 Å². The molecule has 8 nitrogen and oxygen atoms in total. The highest BCUT2D eigenvalue weighted by molar-refractivity contribution is 9.10. The van der Waals surface area contributed by atoms with Gasteiger partial charge in [0.05, 0.1) is 10.3 Å². The van der Waals surface area contributed by atoms with Crippen molar-refractivity contribution in [3.05, 3.63) is 40.8 Å². The lowest BCUT2D eigenvalue weighted by Gasteiger charge is -2.19. The van der Waals surface area contributed by atoms with Crippen molar-refractivity contribution in [2.24, 2.45) is 7.05 Å². The van der Waals surface area contributed by atoms with E-state index in [-0.39, 0.29) is 6.04 Å². The molecule has 0 aliphatic rings. The number of aromatic nitrogens is 4. The van der Waals surface area contributed by atoms with E-state index in [1.807, 2.05) is 40.0 Å². The molecule has 3 rings (SSSR count). The van der Waals surface area contributed by atoms with Gasteiger partial charge in [-0.3, -0.25) is 0 Å². The predicted molar refractivity (Wildman–Crippen MR) is 113 cm³/mol. The average molecular weight is 467 g/mol. The molecule has 1 aromatic carbocycles. The van der Waals surface area contributed by atoms with Gasteiger partial charge in [0.15, 0.2) is 5.65 Å². The van der Waals surface area contributed by atoms with Crippen LogP contribution in [0.25, 0.3) is 11.0 Å². The Bertz CT molecular complexity index is 1080. The van der Waals surface area contributed by atoms with Gasteiger partial charge in [-0.05, 0) is 40.5 Å². The summed E-state index contributed by atoms with van der Waals surface area (Å²) in [6, 6.07) is 6.86. The van der Waals surface area contributed by atoms with Gasteiger partial charge in [-0.15, -0.1) is 0 Å². The van der Waals surface area contributed by atoms with Crippen molar-refractivity contribution in [3.8, 4) is 0 Å². The molecule has 0 aliphatic carbocycles. The number of fused-ring (bicyclic) bond motifs is 1. The highest BCUT2D eigenvalue weighted by Crippen LogP contribution is 2.29. The fraction of sp³-hybridized carbons (Fsp3) is 0.389. The molecule has 0 aliphatic heterocycles. The van der Waals surface area contributed by atoms with Gasteiger partial charge in [-0.1, -0.05) is 26.0 Å². The minimum atomic E-state index is -3.46. The van der Waals surface area contributed by atoms with E-state index >= 15 is 0 Å². The third-order valence-corrected chi connectivity index (χ3v) is 7.27. The second-order valence-corrected chi connectivity index (χ2v) is 9.05. The van der Waals surface area contributed by atoms with Gasteiger partial charge in [0.25, 0.3) is 0 Å². The molecule has 150 valence electrons. The number of hydrogen-bond acceptors (Lipinski definition) is 6. The Kier molecular flexibility index (Phi) is 6.01. The third-order valence-electron chi connectivity index (χ3n) is 4.65. The molecule has 0 fully saturated rings. The number of hydrogen-bond donors (Lipinski definition) is 1. The summed E-state index contributed by atoms with van der Waals surface area (Å²) in [6.07, 6.45) is 1.49. The maximum atomic E-state index is 12.6. The summed E-state index contributed by atoms with van der Waals surface area (Å²) < 4.78 is 29.1. The molecular formula is C18H23BrN6O2S. The van der Waals surface area contributed by atoms with Crippen molar-refractivity contribution < 1.29 is 8.42 Å². The van der Waals surface area contributed by atoms with Crippen molar-refractivity contribution >= 4 is 42.8 Å². The molecule has 1 atom stereocenters. The zero-order valence-electron chi connectivity index (χ0n) is 16.2. The van der Waals surface area contributed by atoms with Crippen LogP contribution in [-0.4, -0.2) is 45.6 Å². The molecule has 28 heavy (non-hydrogen) atoms. The van der Waals surface area contributed by atoms with Gasteiger partial charge in [0, 0.05) is 26.2 Å². The largest absolute Gasteiger partial charge is 0.363 e. The first-order valence-electron chi connectivity index (χ1n) is 8.99. The van der Waals surface area contributed by atoms with Crippen LogP contribution in [0.3, 0.4) is 0 Å². The normalized spacial score (nSPS) is 13.2. The van der Waals surface area contributed by atoms with Gasteiger partial charge < -0.3 is 5.32 Å². The van der Waals surface area contributed by atoms with Crippen LogP contribution in [0.4, 0.5) is 5.82 Å². The highest BCUT2D eigenvalue weighted by Gasteiger charge is 2.22. The van der Waals surface area contributed by atoms with E-state index < -0.39 is 10.0 Å². The first-order valence-corrected chi connectivity index (χ1v) is 11.2. The average Bonchev–Trinajstić information content (AvgIpc) is 2.97. The summed E-state index contributed by atoms with van der Waals surface area (Å²) in [7, 11) is -1.64.